The van der Waals surface area contributed by atoms with Gasteiger partial charge in [-0.05, 0) is 12.1 Å². The van der Waals surface area contributed by atoms with Gasteiger partial charge in [-0.15, -0.1) is 0 Å². The number of benzene rings is 1. The van der Waals surface area contributed by atoms with Crippen LogP contribution in [0.4, 0.5) is 11.4 Å². The lowest BCUT2D eigenvalue weighted by Crippen LogP contribution is -2.27. The van der Waals surface area contributed by atoms with E-state index in [0.717, 1.165) is 4.68 Å². The molecule has 7 heteroatoms. The third-order valence-electron chi connectivity index (χ3n) is 2.83. The molecule has 0 saturated carbocycles. The Kier molecular flexibility index (Phi) is 2.09. The summed E-state index contributed by atoms with van der Waals surface area (Å²) >= 11 is 0. The summed E-state index contributed by atoms with van der Waals surface area (Å²) in [4.78, 5) is 12.0. The molecule has 1 aromatic carbocycles. The van der Waals surface area contributed by atoms with E-state index in [2.05, 4.69) is 10.4 Å². The number of hydrogen-bond acceptors (Lipinski definition) is 5. The van der Waals surface area contributed by atoms with E-state index in [1.807, 2.05) is 0 Å². The summed E-state index contributed by atoms with van der Waals surface area (Å²) in [5.74, 6) is 0. The maximum atomic E-state index is 12.3. The monoisotopic (exact) mass is 263 g/mol. The zero-order valence-electron chi connectivity index (χ0n) is 9.41. The van der Waals surface area contributed by atoms with E-state index in [0.29, 0.717) is 5.69 Å². The molecule has 3 rings (SSSR count). The van der Waals surface area contributed by atoms with E-state index in [4.69, 9.17) is 0 Å². The molecule has 2 aromatic rings. The van der Waals surface area contributed by atoms with Gasteiger partial charge < -0.3 is 5.32 Å². The highest BCUT2D eigenvalue weighted by Gasteiger charge is 2.31. The Labute approximate surface area is 103 Å². The molecule has 0 unspecified atom stereocenters. The van der Waals surface area contributed by atoms with Crippen LogP contribution in [0.15, 0.2) is 45.0 Å². The Morgan fingerprint density at radius 1 is 1.22 bits per heavy atom. The summed E-state index contributed by atoms with van der Waals surface area (Å²) < 4.78 is 25.8. The van der Waals surface area contributed by atoms with E-state index in [1.54, 1.807) is 18.2 Å². The molecule has 0 aliphatic carbocycles. The number of hydrogen-bond donors (Lipinski definition) is 1. The quantitative estimate of drug-likeness (QED) is 0.644. The van der Waals surface area contributed by atoms with E-state index < -0.39 is 15.4 Å². The number of aryl methyl sites for hydroxylation is 1. The molecule has 2 heterocycles. The molecule has 0 amide bonds. The molecule has 1 aromatic heterocycles. The predicted octanol–water partition coefficient (Wildman–Crippen LogP) is 0.670. The number of anilines is 2. The standard InChI is InChI=1S/C11H9N3O3S/c1-14-11(15)10-9(6-12-14)18(16,17)8-5-3-2-4-7(8)13-10/h2-6,13H,1H3. The summed E-state index contributed by atoms with van der Waals surface area (Å²) in [6.07, 6.45) is 1.19. The lowest BCUT2D eigenvalue weighted by molar-refractivity contribution is 0.592. The smallest absolute Gasteiger partial charge is 0.291 e. The average Bonchev–Trinajstić information content (AvgIpc) is 2.34. The minimum atomic E-state index is -3.68. The fourth-order valence-electron chi connectivity index (χ4n) is 1.90. The highest BCUT2D eigenvalue weighted by atomic mass is 32.2. The fourth-order valence-corrected chi connectivity index (χ4v) is 3.40. The molecule has 1 N–H and O–H groups in total. The van der Waals surface area contributed by atoms with Crippen LogP contribution in [0.5, 0.6) is 0 Å². The van der Waals surface area contributed by atoms with Crippen LogP contribution in [0.25, 0.3) is 0 Å². The predicted molar refractivity (Wildman–Crippen MR) is 64.7 cm³/mol. The number of rotatable bonds is 0. The maximum Gasteiger partial charge on any atom is 0.291 e. The third-order valence-corrected chi connectivity index (χ3v) is 4.65. The molecule has 1 aliphatic heterocycles. The summed E-state index contributed by atoms with van der Waals surface area (Å²) in [5.41, 5.74) is -0.00919. The Morgan fingerprint density at radius 2 is 1.94 bits per heavy atom. The number of aromatic nitrogens is 2. The molecule has 1 aliphatic rings. The Hall–Kier alpha value is -2.15. The van der Waals surface area contributed by atoms with Crippen LogP contribution >= 0.6 is 0 Å². The van der Waals surface area contributed by atoms with Gasteiger partial charge in [-0.2, -0.15) is 5.10 Å². The van der Waals surface area contributed by atoms with Gasteiger partial charge in [-0.25, -0.2) is 13.1 Å². The number of fused-ring (bicyclic) bond motifs is 2. The molecule has 6 nitrogen and oxygen atoms in total. The molecular formula is C11H9N3O3S. The van der Waals surface area contributed by atoms with E-state index in [1.165, 1.54) is 19.3 Å². The highest BCUT2D eigenvalue weighted by molar-refractivity contribution is 7.92. The average molecular weight is 263 g/mol. The van der Waals surface area contributed by atoms with Crippen molar-refractivity contribution in [3.8, 4) is 0 Å². The second-order valence-corrected chi connectivity index (χ2v) is 5.82. The van der Waals surface area contributed by atoms with Gasteiger partial charge in [-0.1, -0.05) is 12.1 Å². The van der Waals surface area contributed by atoms with Crippen LogP contribution in [-0.2, 0) is 16.9 Å². The number of nitrogens with zero attached hydrogens (tertiary/aromatic N) is 2. The molecule has 0 spiro atoms. The normalized spacial score (nSPS) is 15.4. The van der Waals surface area contributed by atoms with Gasteiger partial charge in [0.25, 0.3) is 5.56 Å². The minimum Gasteiger partial charge on any atom is -0.349 e. The Morgan fingerprint density at radius 3 is 2.72 bits per heavy atom. The Balaban J connectivity index is 2.42. The first-order chi connectivity index (χ1) is 8.51. The topological polar surface area (TPSA) is 81.1 Å². The van der Waals surface area contributed by atoms with Crippen molar-refractivity contribution >= 4 is 21.2 Å². The van der Waals surface area contributed by atoms with Crippen LogP contribution in [0.3, 0.4) is 0 Å². The van der Waals surface area contributed by atoms with E-state index in [9.17, 15) is 13.2 Å². The molecule has 0 bridgehead atoms. The van der Waals surface area contributed by atoms with Gasteiger partial charge in [0, 0.05) is 7.05 Å². The Bertz CT molecular complexity index is 809. The lowest BCUT2D eigenvalue weighted by Gasteiger charge is -2.20. The second kappa shape index (κ2) is 3.42. The van der Waals surface area contributed by atoms with E-state index in [-0.39, 0.29) is 15.5 Å². The van der Waals surface area contributed by atoms with Crippen LogP contribution in [0.2, 0.25) is 0 Å². The summed E-state index contributed by atoms with van der Waals surface area (Å²) in [6.45, 7) is 0. The van der Waals surface area contributed by atoms with Crippen molar-refractivity contribution in [2.45, 2.75) is 9.79 Å². The van der Waals surface area contributed by atoms with Gasteiger partial charge >= 0.3 is 0 Å². The van der Waals surface area contributed by atoms with Crippen molar-refractivity contribution in [3.63, 3.8) is 0 Å². The lowest BCUT2D eigenvalue weighted by atomic mass is 10.3. The molecule has 0 atom stereocenters. The van der Waals surface area contributed by atoms with Crippen molar-refractivity contribution in [1.82, 2.24) is 9.78 Å². The third kappa shape index (κ3) is 1.31. The largest absolute Gasteiger partial charge is 0.349 e. The minimum absolute atomic E-state index is 0.0474. The molecule has 0 saturated heterocycles. The first-order valence-corrected chi connectivity index (χ1v) is 6.67. The number of para-hydroxylation sites is 1. The highest BCUT2D eigenvalue weighted by Crippen LogP contribution is 2.36. The number of nitrogens with one attached hydrogen (secondary N) is 1. The van der Waals surface area contributed by atoms with Crippen LogP contribution in [0.1, 0.15) is 0 Å². The first-order valence-electron chi connectivity index (χ1n) is 5.19. The number of sulfone groups is 1. The fraction of sp³-hybridized carbons (Fsp3) is 0.0909. The summed E-state index contributed by atoms with van der Waals surface area (Å²) in [7, 11) is -2.21. The van der Waals surface area contributed by atoms with Crippen molar-refractivity contribution in [2.75, 3.05) is 5.32 Å². The zero-order chi connectivity index (χ0) is 12.9. The van der Waals surface area contributed by atoms with Gasteiger partial charge in [-0.3, -0.25) is 4.79 Å². The molecular weight excluding hydrogens is 254 g/mol. The van der Waals surface area contributed by atoms with Gasteiger partial charge in [0.05, 0.1) is 16.8 Å². The van der Waals surface area contributed by atoms with Crippen molar-refractivity contribution in [2.24, 2.45) is 7.05 Å². The zero-order valence-corrected chi connectivity index (χ0v) is 10.2. The maximum absolute atomic E-state index is 12.3. The van der Waals surface area contributed by atoms with Gasteiger partial charge in [0.1, 0.15) is 10.6 Å². The van der Waals surface area contributed by atoms with E-state index >= 15 is 0 Å². The van der Waals surface area contributed by atoms with Crippen LogP contribution < -0.4 is 10.9 Å². The van der Waals surface area contributed by atoms with Crippen LogP contribution in [-0.4, -0.2) is 18.2 Å². The second-order valence-electron chi connectivity index (χ2n) is 3.94. The van der Waals surface area contributed by atoms with Crippen molar-refractivity contribution < 1.29 is 8.42 Å². The molecule has 0 fully saturated rings. The SMILES string of the molecule is Cn1ncc2c(c1=O)Nc1ccccc1S2(=O)=O. The van der Waals surface area contributed by atoms with Gasteiger partial charge in [0.15, 0.2) is 0 Å². The molecule has 0 radical (unpaired) electrons. The summed E-state index contributed by atoms with van der Waals surface area (Å²) in [6, 6.07) is 6.46. The van der Waals surface area contributed by atoms with Crippen molar-refractivity contribution in [1.29, 1.82) is 0 Å². The van der Waals surface area contributed by atoms with Crippen LogP contribution in [0, 0.1) is 0 Å². The van der Waals surface area contributed by atoms with Crippen molar-refractivity contribution in [3.05, 3.63) is 40.8 Å². The molecule has 92 valence electrons. The van der Waals surface area contributed by atoms with Gasteiger partial charge in [0.2, 0.25) is 9.84 Å². The summed E-state index contributed by atoms with van der Waals surface area (Å²) in [5, 5.41) is 6.60. The molecule has 18 heavy (non-hydrogen) atoms. The first kappa shape index (κ1) is 11.0.